The van der Waals surface area contributed by atoms with Crippen molar-refractivity contribution in [2.75, 3.05) is 5.32 Å². The van der Waals surface area contributed by atoms with Crippen molar-refractivity contribution in [2.45, 2.75) is 6.92 Å². The quantitative estimate of drug-likeness (QED) is 0.385. The molecular weight excluding hydrogens is 374 g/mol. The summed E-state index contributed by atoms with van der Waals surface area (Å²) in [4.78, 5) is 43.1. The van der Waals surface area contributed by atoms with Gasteiger partial charge in [0.1, 0.15) is 0 Å². The summed E-state index contributed by atoms with van der Waals surface area (Å²) in [5.41, 5.74) is 0.835. The molecule has 0 saturated carbocycles. The standard InChI is InChI=1S/C16H13N5O7/c1-9(22)18-12-4-2-3-10(5-12)16(24)19-17-8-11-6-13(20(25)26)7-14(15(11)23)21(27)28/h2-8,23H,1H3,(H,18,22)(H,19,24)/b17-8+. The number of hydrogen-bond donors (Lipinski definition) is 3. The first-order valence-electron chi connectivity index (χ1n) is 7.56. The van der Waals surface area contributed by atoms with Gasteiger partial charge in [-0.2, -0.15) is 5.10 Å². The van der Waals surface area contributed by atoms with Gasteiger partial charge in [0.05, 0.1) is 27.7 Å². The van der Waals surface area contributed by atoms with Crippen molar-refractivity contribution in [2.24, 2.45) is 5.10 Å². The van der Waals surface area contributed by atoms with Crippen molar-refractivity contribution in [1.29, 1.82) is 0 Å². The largest absolute Gasteiger partial charge is 0.502 e. The molecule has 0 radical (unpaired) electrons. The lowest BCUT2D eigenvalue weighted by Gasteiger charge is -2.05. The normalized spacial score (nSPS) is 10.5. The van der Waals surface area contributed by atoms with E-state index in [2.05, 4.69) is 15.8 Å². The Hall–Kier alpha value is -4.35. The number of aromatic hydroxyl groups is 1. The summed E-state index contributed by atoms with van der Waals surface area (Å²) in [6, 6.07) is 7.42. The van der Waals surface area contributed by atoms with Gasteiger partial charge < -0.3 is 10.4 Å². The van der Waals surface area contributed by atoms with E-state index in [-0.39, 0.29) is 17.0 Å². The molecule has 28 heavy (non-hydrogen) atoms. The first-order valence-corrected chi connectivity index (χ1v) is 7.56. The van der Waals surface area contributed by atoms with Crippen LogP contribution in [-0.4, -0.2) is 33.0 Å². The molecule has 144 valence electrons. The third kappa shape index (κ3) is 4.85. The van der Waals surface area contributed by atoms with Crippen LogP contribution in [-0.2, 0) is 4.79 Å². The van der Waals surface area contributed by atoms with Crippen molar-refractivity contribution in [3.05, 3.63) is 67.8 Å². The van der Waals surface area contributed by atoms with Crippen LogP contribution in [0.5, 0.6) is 5.75 Å². The number of carbonyl (C=O) groups excluding carboxylic acids is 2. The fourth-order valence-electron chi connectivity index (χ4n) is 2.14. The second-order valence-corrected chi connectivity index (χ2v) is 5.38. The SMILES string of the molecule is CC(=O)Nc1cccc(C(=O)N/N=C/c2cc([N+](=O)[O-])cc([N+](=O)[O-])c2O)c1. The summed E-state index contributed by atoms with van der Waals surface area (Å²) >= 11 is 0. The number of non-ortho nitro benzene ring substituents is 1. The molecule has 0 aromatic heterocycles. The highest BCUT2D eigenvalue weighted by Crippen LogP contribution is 2.33. The number of benzene rings is 2. The molecular formula is C16H13N5O7. The molecule has 2 aromatic rings. The van der Waals surface area contributed by atoms with Gasteiger partial charge in [-0.1, -0.05) is 6.07 Å². The minimum atomic E-state index is -0.980. The summed E-state index contributed by atoms with van der Waals surface area (Å²) in [5, 5.41) is 37.7. The van der Waals surface area contributed by atoms with Crippen LogP contribution in [0.2, 0.25) is 0 Å². The Morgan fingerprint density at radius 1 is 1.14 bits per heavy atom. The topological polar surface area (TPSA) is 177 Å². The van der Waals surface area contributed by atoms with E-state index in [0.717, 1.165) is 12.3 Å². The Labute approximate surface area is 156 Å². The molecule has 0 spiro atoms. The summed E-state index contributed by atoms with van der Waals surface area (Å²) in [6.45, 7) is 1.31. The minimum Gasteiger partial charge on any atom is -0.502 e. The third-order valence-corrected chi connectivity index (χ3v) is 3.33. The van der Waals surface area contributed by atoms with E-state index in [0.29, 0.717) is 11.8 Å². The summed E-state index contributed by atoms with van der Waals surface area (Å²) < 4.78 is 0. The molecule has 0 saturated heterocycles. The molecule has 0 bridgehead atoms. The van der Waals surface area contributed by atoms with Crippen LogP contribution in [0.1, 0.15) is 22.8 Å². The summed E-state index contributed by atoms with van der Waals surface area (Å²) in [5.74, 6) is -1.83. The Bertz CT molecular complexity index is 1000. The van der Waals surface area contributed by atoms with Crippen LogP contribution < -0.4 is 10.7 Å². The maximum absolute atomic E-state index is 12.1. The summed E-state index contributed by atoms with van der Waals surface area (Å²) in [7, 11) is 0. The van der Waals surface area contributed by atoms with Crippen LogP contribution in [0.15, 0.2) is 41.5 Å². The van der Waals surface area contributed by atoms with Gasteiger partial charge in [0.2, 0.25) is 11.7 Å². The molecule has 0 heterocycles. The first kappa shape index (κ1) is 20.0. The molecule has 0 fully saturated rings. The van der Waals surface area contributed by atoms with E-state index in [1.807, 2.05) is 0 Å². The van der Waals surface area contributed by atoms with Gasteiger partial charge in [-0.25, -0.2) is 5.43 Å². The molecule has 3 N–H and O–H groups in total. The second kappa shape index (κ2) is 8.35. The van der Waals surface area contributed by atoms with Crippen LogP contribution in [0.4, 0.5) is 17.1 Å². The van der Waals surface area contributed by atoms with Gasteiger partial charge in [0, 0.05) is 24.2 Å². The average molecular weight is 387 g/mol. The molecule has 2 amide bonds. The molecule has 12 nitrogen and oxygen atoms in total. The van der Waals surface area contributed by atoms with E-state index in [9.17, 15) is 34.9 Å². The number of nitro groups is 2. The van der Waals surface area contributed by atoms with Crippen molar-refractivity contribution < 1.29 is 24.5 Å². The Morgan fingerprint density at radius 3 is 2.46 bits per heavy atom. The van der Waals surface area contributed by atoms with Crippen LogP contribution in [0.3, 0.4) is 0 Å². The van der Waals surface area contributed by atoms with Crippen LogP contribution in [0.25, 0.3) is 0 Å². The molecule has 0 unspecified atom stereocenters. The van der Waals surface area contributed by atoms with E-state index in [1.54, 1.807) is 6.07 Å². The maximum Gasteiger partial charge on any atom is 0.318 e. The predicted molar refractivity (Wildman–Crippen MR) is 97.2 cm³/mol. The zero-order chi connectivity index (χ0) is 20.8. The number of phenolic OH excluding ortho intramolecular Hbond substituents is 1. The van der Waals surface area contributed by atoms with Gasteiger partial charge in [0.15, 0.2) is 0 Å². The van der Waals surface area contributed by atoms with Crippen LogP contribution in [0, 0.1) is 20.2 Å². The number of hydrazone groups is 1. The lowest BCUT2D eigenvalue weighted by Crippen LogP contribution is -2.18. The number of anilines is 1. The lowest BCUT2D eigenvalue weighted by atomic mass is 10.1. The van der Waals surface area contributed by atoms with Crippen molar-refractivity contribution in [3.8, 4) is 5.75 Å². The molecule has 2 rings (SSSR count). The number of nitrogens with one attached hydrogen (secondary N) is 2. The number of hydrogen-bond acceptors (Lipinski definition) is 8. The molecule has 0 aliphatic heterocycles. The Kier molecular flexibility index (Phi) is 5.96. The highest BCUT2D eigenvalue weighted by atomic mass is 16.6. The zero-order valence-electron chi connectivity index (χ0n) is 14.3. The molecule has 0 aliphatic carbocycles. The first-order chi connectivity index (χ1) is 13.2. The average Bonchev–Trinajstić information content (AvgIpc) is 2.62. The number of amides is 2. The number of phenols is 1. The van der Waals surface area contributed by atoms with Gasteiger partial charge in [-0.15, -0.1) is 0 Å². The minimum absolute atomic E-state index is 0.151. The van der Waals surface area contributed by atoms with Crippen LogP contribution >= 0.6 is 0 Å². The highest BCUT2D eigenvalue weighted by molar-refractivity contribution is 5.97. The molecule has 12 heteroatoms. The van der Waals surface area contributed by atoms with Crippen molar-refractivity contribution in [3.63, 3.8) is 0 Å². The maximum atomic E-state index is 12.1. The highest BCUT2D eigenvalue weighted by Gasteiger charge is 2.23. The fourth-order valence-corrected chi connectivity index (χ4v) is 2.14. The second-order valence-electron chi connectivity index (χ2n) is 5.38. The molecule has 0 atom stereocenters. The van der Waals surface area contributed by atoms with Gasteiger partial charge >= 0.3 is 5.69 Å². The lowest BCUT2D eigenvalue weighted by molar-refractivity contribution is -0.394. The number of nitro benzene ring substituents is 2. The Balaban J connectivity index is 2.22. The number of nitrogens with zero attached hydrogens (tertiary/aromatic N) is 3. The van der Waals surface area contributed by atoms with Gasteiger partial charge in [-0.3, -0.25) is 29.8 Å². The Morgan fingerprint density at radius 2 is 1.86 bits per heavy atom. The van der Waals surface area contributed by atoms with Gasteiger partial charge in [-0.05, 0) is 18.2 Å². The van der Waals surface area contributed by atoms with E-state index >= 15 is 0 Å². The fraction of sp³-hybridized carbons (Fsp3) is 0.0625. The van der Waals surface area contributed by atoms with E-state index in [4.69, 9.17) is 0 Å². The van der Waals surface area contributed by atoms with Gasteiger partial charge in [0.25, 0.3) is 11.6 Å². The molecule has 2 aromatic carbocycles. The zero-order valence-corrected chi connectivity index (χ0v) is 14.3. The van der Waals surface area contributed by atoms with Crippen molar-refractivity contribution >= 4 is 35.1 Å². The summed E-state index contributed by atoms with van der Waals surface area (Å²) in [6.07, 6.45) is 0.838. The number of rotatable bonds is 6. The number of carbonyl (C=O) groups is 2. The van der Waals surface area contributed by atoms with E-state index < -0.39 is 32.9 Å². The van der Waals surface area contributed by atoms with E-state index in [1.165, 1.54) is 25.1 Å². The predicted octanol–water partition coefficient (Wildman–Crippen LogP) is 1.93. The smallest absolute Gasteiger partial charge is 0.318 e. The molecule has 0 aliphatic rings. The third-order valence-electron chi connectivity index (χ3n) is 3.33. The monoisotopic (exact) mass is 387 g/mol. The van der Waals surface area contributed by atoms with Crippen molar-refractivity contribution in [1.82, 2.24) is 5.43 Å².